The monoisotopic (exact) mass is 303 g/mol. The molecular formula is C15H11ClFN3O. The number of nitrogens with zero attached hydrogens (tertiary/aromatic N) is 2. The van der Waals surface area contributed by atoms with E-state index in [4.69, 9.17) is 16.9 Å². The fourth-order valence-corrected chi connectivity index (χ4v) is 2.12. The molecule has 0 spiro atoms. The van der Waals surface area contributed by atoms with Crippen LogP contribution in [0.5, 0.6) is 0 Å². The van der Waals surface area contributed by atoms with E-state index in [9.17, 15) is 9.18 Å². The summed E-state index contributed by atoms with van der Waals surface area (Å²) in [5.74, 6) is -0.963. The third kappa shape index (κ3) is 2.86. The molecule has 6 heteroatoms. The molecule has 0 atom stereocenters. The predicted molar refractivity (Wildman–Crippen MR) is 77.5 cm³/mol. The second-order valence-corrected chi connectivity index (χ2v) is 4.77. The number of rotatable bonds is 2. The van der Waals surface area contributed by atoms with Crippen molar-refractivity contribution in [2.24, 2.45) is 0 Å². The van der Waals surface area contributed by atoms with Crippen LogP contribution in [0, 0.1) is 24.1 Å². The van der Waals surface area contributed by atoms with Crippen molar-refractivity contribution >= 4 is 17.5 Å². The summed E-state index contributed by atoms with van der Waals surface area (Å²) in [7, 11) is 1.46. The van der Waals surface area contributed by atoms with E-state index in [1.165, 1.54) is 31.3 Å². The Kier molecular flexibility index (Phi) is 4.20. The first-order valence-corrected chi connectivity index (χ1v) is 6.45. The Bertz CT molecular complexity index is 768. The quantitative estimate of drug-likeness (QED) is 0.927. The van der Waals surface area contributed by atoms with E-state index in [0.717, 1.165) is 0 Å². The third-order valence-electron chi connectivity index (χ3n) is 2.99. The van der Waals surface area contributed by atoms with Gasteiger partial charge in [-0.25, -0.2) is 4.39 Å². The Labute approximate surface area is 126 Å². The molecule has 0 saturated carbocycles. The minimum atomic E-state index is -0.540. The Morgan fingerprint density at radius 2 is 2.14 bits per heavy atom. The van der Waals surface area contributed by atoms with Crippen LogP contribution in [0.4, 0.5) is 4.39 Å². The van der Waals surface area contributed by atoms with Crippen LogP contribution in [0.1, 0.15) is 21.6 Å². The molecular weight excluding hydrogens is 293 g/mol. The van der Waals surface area contributed by atoms with Gasteiger partial charge in [0.1, 0.15) is 11.9 Å². The molecule has 1 N–H and O–H groups in total. The summed E-state index contributed by atoms with van der Waals surface area (Å²) < 4.78 is 14.0. The molecule has 4 nitrogen and oxygen atoms in total. The molecule has 0 aliphatic rings. The molecule has 1 aromatic heterocycles. The van der Waals surface area contributed by atoms with Crippen molar-refractivity contribution in [2.45, 2.75) is 6.92 Å². The minimum Gasteiger partial charge on any atom is -0.355 e. The van der Waals surface area contributed by atoms with Crippen molar-refractivity contribution < 1.29 is 9.18 Å². The normalized spacial score (nSPS) is 10.0. The lowest BCUT2D eigenvalue weighted by Gasteiger charge is -2.10. The van der Waals surface area contributed by atoms with Crippen LogP contribution in [-0.2, 0) is 0 Å². The fraction of sp³-hybridized carbons (Fsp3) is 0.133. The highest BCUT2D eigenvalue weighted by atomic mass is 35.5. The van der Waals surface area contributed by atoms with Gasteiger partial charge in [0.25, 0.3) is 5.91 Å². The zero-order valence-electron chi connectivity index (χ0n) is 11.4. The molecule has 106 valence electrons. The lowest BCUT2D eigenvalue weighted by Crippen LogP contribution is -2.20. The molecule has 21 heavy (non-hydrogen) atoms. The zero-order valence-corrected chi connectivity index (χ0v) is 12.1. The van der Waals surface area contributed by atoms with Crippen LogP contribution in [0.25, 0.3) is 11.3 Å². The summed E-state index contributed by atoms with van der Waals surface area (Å²) in [5, 5.41) is 11.9. The number of hydrogen-bond acceptors (Lipinski definition) is 3. The van der Waals surface area contributed by atoms with Gasteiger partial charge in [-0.1, -0.05) is 11.6 Å². The van der Waals surface area contributed by atoms with Crippen LogP contribution in [0.15, 0.2) is 24.3 Å². The molecule has 0 saturated heterocycles. The van der Waals surface area contributed by atoms with E-state index in [1.54, 1.807) is 6.92 Å². The van der Waals surface area contributed by atoms with E-state index >= 15 is 0 Å². The molecule has 0 aliphatic carbocycles. The number of amides is 1. The highest BCUT2D eigenvalue weighted by Gasteiger charge is 2.17. The van der Waals surface area contributed by atoms with Gasteiger partial charge in [0, 0.05) is 17.6 Å². The highest BCUT2D eigenvalue weighted by molar-refractivity contribution is 6.30. The number of carbonyl (C=O) groups excluding carboxylic acids is 1. The number of aryl methyl sites for hydroxylation is 1. The van der Waals surface area contributed by atoms with Crippen molar-refractivity contribution in [2.75, 3.05) is 7.05 Å². The molecule has 1 amide bonds. The van der Waals surface area contributed by atoms with Gasteiger partial charge in [-0.2, -0.15) is 5.26 Å². The SMILES string of the molecule is CNC(=O)c1cc(-c2ccc(Cl)cc2F)nc(C)c1C#N. The van der Waals surface area contributed by atoms with Gasteiger partial charge in [-0.3, -0.25) is 9.78 Å². The first kappa shape index (κ1) is 14.9. The van der Waals surface area contributed by atoms with Gasteiger partial charge in [-0.15, -0.1) is 0 Å². The van der Waals surface area contributed by atoms with E-state index in [2.05, 4.69) is 10.3 Å². The van der Waals surface area contributed by atoms with Gasteiger partial charge in [0.2, 0.25) is 0 Å². The number of benzene rings is 1. The van der Waals surface area contributed by atoms with E-state index in [-0.39, 0.29) is 27.4 Å². The molecule has 1 aromatic carbocycles. The van der Waals surface area contributed by atoms with Crippen molar-refractivity contribution in [3.63, 3.8) is 0 Å². The number of pyridine rings is 1. The van der Waals surface area contributed by atoms with E-state index < -0.39 is 11.7 Å². The molecule has 1 heterocycles. The fourth-order valence-electron chi connectivity index (χ4n) is 1.96. The number of halogens is 2. The molecule has 0 unspecified atom stereocenters. The molecule has 0 bridgehead atoms. The summed E-state index contributed by atoms with van der Waals surface area (Å²) >= 11 is 5.72. The molecule has 2 aromatic rings. The van der Waals surface area contributed by atoms with Crippen LogP contribution in [-0.4, -0.2) is 17.9 Å². The number of hydrogen-bond donors (Lipinski definition) is 1. The van der Waals surface area contributed by atoms with Crippen molar-refractivity contribution in [1.82, 2.24) is 10.3 Å². The second kappa shape index (κ2) is 5.90. The standard InChI is InChI=1S/C15H11ClFN3O/c1-8-12(7-18)11(15(21)19-2)6-14(20-8)10-4-3-9(16)5-13(10)17/h3-6H,1-2H3,(H,19,21). The first-order chi connectivity index (χ1) is 9.97. The molecule has 0 fully saturated rings. The molecule has 2 rings (SSSR count). The van der Waals surface area contributed by atoms with Crippen LogP contribution >= 0.6 is 11.6 Å². The van der Waals surface area contributed by atoms with Gasteiger partial charge >= 0.3 is 0 Å². The minimum absolute atomic E-state index is 0.164. The lowest BCUT2D eigenvalue weighted by atomic mass is 10.0. The van der Waals surface area contributed by atoms with E-state index in [0.29, 0.717) is 5.69 Å². The topological polar surface area (TPSA) is 65.8 Å². The largest absolute Gasteiger partial charge is 0.355 e. The van der Waals surface area contributed by atoms with Gasteiger partial charge in [-0.05, 0) is 31.2 Å². The van der Waals surface area contributed by atoms with Crippen molar-refractivity contribution in [3.8, 4) is 17.3 Å². The molecule has 0 radical (unpaired) electrons. The van der Waals surface area contributed by atoms with Gasteiger partial charge in [0.15, 0.2) is 0 Å². The number of carbonyl (C=O) groups is 1. The average molecular weight is 304 g/mol. The lowest BCUT2D eigenvalue weighted by molar-refractivity contribution is 0.0962. The average Bonchev–Trinajstić information content (AvgIpc) is 2.45. The Morgan fingerprint density at radius 1 is 1.43 bits per heavy atom. The van der Waals surface area contributed by atoms with Crippen molar-refractivity contribution in [3.05, 3.63) is 51.9 Å². The first-order valence-electron chi connectivity index (χ1n) is 6.07. The number of aromatic nitrogens is 1. The number of nitriles is 1. The number of nitrogens with one attached hydrogen (secondary N) is 1. The zero-order chi connectivity index (χ0) is 15.6. The third-order valence-corrected chi connectivity index (χ3v) is 3.23. The van der Waals surface area contributed by atoms with Crippen molar-refractivity contribution in [1.29, 1.82) is 5.26 Å². The Balaban J connectivity index is 2.69. The summed E-state index contributed by atoms with van der Waals surface area (Å²) in [6, 6.07) is 7.54. The Morgan fingerprint density at radius 3 is 2.71 bits per heavy atom. The Hall–Kier alpha value is -2.45. The maximum Gasteiger partial charge on any atom is 0.252 e. The van der Waals surface area contributed by atoms with Crippen LogP contribution in [0.2, 0.25) is 5.02 Å². The summed E-state index contributed by atoms with van der Waals surface area (Å²) in [4.78, 5) is 16.1. The van der Waals surface area contributed by atoms with Crippen LogP contribution in [0.3, 0.4) is 0 Å². The van der Waals surface area contributed by atoms with E-state index in [1.807, 2.05) is 6.07 Å². The smallest absolute Gasteiger partial charge is 0.252 e. The highest BCUT2D eigenvalue weighted by Crippen LogP contribution is 2.26. The van der Waals surface area contributed by atoms with Gasteiger partial charge < -0.3 is 5.32 Å². The maximum absolute atomic E-state index is 14.0. The predicted octanol–water partition coefficient (Wildman–Crippen LogP) is 3.08. The van der Waals surface area contributed by atoms with Crippen LogP contribution < -0.4 is 5.32 Å². The second-order valence-electron chi connectivity index (χ2n) is 4.33. The maximum atomic E-state index is 14.0. The van der Waals surface area contributed by atoms with Gasteiger partial charge in [0.05, 0.1) is 22.5 Å². The summed E-state index contributed by atoms with van der Waals surface area (Å²) in [6.45, 7) is 1.60. The molecule has 0 aliphatic heterocycles. The summed E-state index contributed by atoms with van der Waals surface area (Å²) in [5.41, 5.74) is 1.20. The summed E-state index contributed by atoms with van der Waals surface area (Å²) in [6.07, 6.45) is 0.